The third kappa shape index (κ3) is 4.41. The Bertz CT molecular complexity index is 28.7. The molecule has 0 atom stereocenters. The van der Waals surface area contributed by atoms with E-state index >= 15 is 0 Å². The molecule has 2 heteroatoms. The van der Waals surface area contributed by atoms with Crippen molar-refractivity contribution < 1.29 is 0 Å². The van der Waals surface area contributed by atoms with E-state index in [2.05, 4.69) is 26.2 Å². The summed E-state index contributed by atoms with van der Waals surface area (Å²) in [6, 6.07) is 0. The third-order valence-electron chi connectivity index (χ3n) is 0.706. The second-order valence-electron chi connectivity index (χ2n) is 1.64. The average molecular weight is 102 g/mol. The molecule has 0 heterocycles. The summed E-state index contributed by atoms with van der Waals surface area (Å²) in [6.07, 6.45) is 2.49. The van der Waals surface area contributed by atoms with E-state index in [1.54, 1.807) is 0 Å². The van der Waals surface area contributed by atoms with Crippen molar-refractivity contribution in [2.24, 2.45) is 0 Å². The van der Waals surface area contributed by atoms with Gasteiger partial charge in [-0.15, -0.1) is 0 Å². The SMILES string of the molecule is CCCB(C)S. The molecule has 0 aliphatic rings. The Hall–Kier alpha value is 0.415. The largest absolute Gasteiger partial charge is 0.227 e. The molecule has 0 rings (SSSR count). The molecular formula is C4H11BS. The quantitative estimate of drug-likeness (QED) is 0.399. The maximum absolute atomic E-state index is 4.18. The van der Waals surface area contributed by atoms with E-state index in [4.69, 9.17) is 0 Å². The lowest BCUT2D eigenvalue weighted by Gasteiger charge is -1.89. The van der Waals surface area contributed by atoms with Crippen molar-refractivity contribution >= 4 is 18.5 Å². The van der Waals surface area contributed by atoms with E-state index in [1.807, 2.05) is 0 Å². The topological polar surface area (TPSA) is 0 Å². The summed E-state index contributed by atoms with van der Waals surface area (Å²) in [7, 11) is 0. The predicted molar refractivity (Wildman–Crippen MR) is 35.7 cm³/mol. The molecule has 0 saturated carbocycles. The molecule has 0 aliphatic heterocycles. The Kier molecular flexibility index (Phi) is 3.85. The van der Waals surface area contributed by atoms with Crippen LogP contribution < -0.4 is 0 Å². The highest BCUT2D eigenvalue weighted by molar-refractivity contribution is 8.10. The first kappa shape index (κ1) is 6.41. The highest BCUT2D eigenvalue weighted by Gasteiger charge is 1.93. The van der Waals surface area contributed by atoms with Crippen molar-refractivity contribution in [1.82, 2.24) is 0 Å². The van der Waals surface area contributed by atoms with Gasteiger partial charge in [-0.2, -0.15) is 0 Å². The minimum Gasteiger partial charge on any atom is -0.227 e. The summed E-state index contributed by atoms with van der Waals surface area (Å²) < 4.78 is 0. The molecular weight excluding hydrogens is 90.9 g/mol. The molecule has 0 saturated heterocycles. The third-order valence-corrected chi connectivity index (χ3v) is 0.965. The van der Waals surface area contributed by atoms with Crippen LogP contribution in [-0.2, 0) is 0 Å². The summed E-state index contributed by atoms with van der Waals surface area (Å²) in [4.78, 5) is 0. The van der Waals surface area contributed by atoms with E-state index in [1.165, 1.54) is 12.7 Å². The van der Waals surface area contributed by atoms with Crippen molar-refractivity contribution in [3.8, 4) is 0 Å². The van der Waals surface area contributed by atoms with Crippen LogP contribution in [0.5, 0.6) is 0 Å². The maximum Gasteiger partial charge on any atom is 0.202 e. The fourth-order valence-corrected chi connectivity index (χ4v) is 0.676. The van der Waals surface area contributed by atoms with E-state index in [0.29, 0.717) is 5.99 Å². The molecule has 0 fully saturated rings. The zero-order valence-corrected chi connectivity index (χ0v) is 5.33. The van der Waals surface area contributed by atoms with Crippen LogP contribution in [0.2, 0.25) is 13.1 Å². The summed E-state index contributed by atoms with van der Waals surface area (Å²) in [5, 5.41) is 0. The van der Waals surface area contributed by atoms with Crippen molar-refractivity contribution in [2.45, 2.75) is 26.5 Å². The summed E-state index contributed by atoms with van der Waals surface area (Å²) in [5.74, 6) is 0.593. The molecule has 36 valence electrons. The van der Waals surface area contributed by atoms with Gasteiger partial charge in [-0.3, -0.25) is 0 Å². The number of thiol groups is 1. The number of hydrogen-bond acceptors (Lipinski definition) is 1. The van der Waals surface area contributed by atoms with Gasteiger partial charge < -0.3 is 0 Å². The van der Waals surface area contributed by atoms with E-state index < -0.39 is 0 Å². The van der Waals surface area contributed by atoms with Gasteiger partial charge in [-0.25, -0.2) is 12.5 Å². The molecule has 0 aromatic heterocycles. The van der Waals surface area contributed by atoms with Gasteiger partial charge in [0.25, 0.3) is 0 Å². The van der Waals surface area contributed by atoms with Crippen molar-refractivity contribution in [3.05, 3.63) is 0 Å². The van der Waals surface area contributed by atoms with Crippen LogP contribution >= 0.6 is 12.5 Å². The van der Waals surface area contributed by atoms with Crippen LogP contribution in [0.1, 0.15) is 13.3 Å². The predicted octanol–water partition coefficient (Wildman–Crippen LogP) is 1.95. The second-order valence-corrected chi connectivity index (χ2v) is 2.52. The minimum absolute atomic E-state index is 0.593. The minimum atomic E-state index is 0.593. The van der Waals surface area contributed by atoms with Gasteiger partial charge in [-0.1, -0.05) is 26.5 Å². The number of hydrogen-bond donors (Lipinski definition) is 1. The first-order valence-electron chi connectivity index (χ1n) is 2.45. The molecule has 6 heavy (non-hydrogen) atoms. The Balaban J connectivity index is 2.63. The van der Waals surface area contributed by atoms with Gasteiger partial charge >= 0.3 is 0 Å². The second kappa shape index (κ2) is 3.60. The van der Waals surface area contributed by atoms with Crippen molar-refractivity contribution in [2.75, 3.05) is 0 Å². The summed E-state index contributed by atoms with van der Waals surface area (Å²) >= 11 is 4.18. The van der Waals surface area contributed by atoms with Crippen LogP contribution in [-0.4, -0.2) is 5.99 Å². The zero-order valence-electron chi connectivity index (χ0n) is 4.44. The first-order chi connectivity index (χ1) is 2.77. The van der Waals surface area contributed by atoms with Gasteiger partial charge in [0.1, 0.15) is 0 Å². The molecule has 0 aliphatic carbocycles. The lowest BCUT2D eigenvalue weighted by atomic mass is 9.74. The van der Waals surface area contributed by atoms with Gasteiger partial charge in [0.15, 0.2) is 0 Å². The molecule has 0 nitrogen and oxygen atoms in total. The Morgan fingerprint density at radius 2 is 2.17 bits per heavy atom. The molecule has 0 unspecified atom stereocenters. The number of rotatable bonds is 2. The lowest BCUT2D eigenvalue weighted by Crippen LogP contribution is -1.91. The van der Waals surface area contributed by atoms with Crippen molar-refractivity contribution in [1.29, 1.82) is 0 Å². The van der Waals surface area contributed by atoms with Crippen molar-refractivity contribution in [3.63, 3.8) is 0 Å². The van der Waals surface area contributed by atoms with E-state index in [-0.39, 0.29) is 0 Å². The average Bonchev–Trinajstić information content (AvgIpc) is 1.35. The fraction of sp³-hybridized carbons (Fsp3) is 1.00. The molecule has 0 N–H and O–H groups in total. The molecule has 0 amide bonds. The summed E-state index contributed by atoms with van der Waals surface area (Å²) in [5.41, 5.74) is 0. The normalized spacial score (nSPS) is 8.50. The molecule has 0 spiro atoms. The van der Waals surface area contributed by atoms with Crippen LogP contribution in [0.15, 0.2) is 0 Å². The Morgan fingerprint density at radius 1 is 1.67 bits per heavy atom. The zero-order chi connectivity index (χ0) is 4.99. The smallest absolute Gasteiger partial charge is 0.202 e. The summed E-state index contributed by atoms with van der Waals surface area (Å²) in [6.45, 7) is 4.29. The fourth-order valence-electron chi connectivity index (χ4n) is 0.418. The van der Waals surface area contributed by atoms with E-state index in [9.17, 15) is 0 Å². The maximum atomic E-state index is 4.18. The van der Waals surface area contributed by atoms with Gasteiger partial charge in [0.05, 0.1) is 0 Å². The lowest BCUT2D eigenvalue weighted by molar-refractivity contribution is 1.07. The van der Waals surface area contributed by atoms with Crippen LogP contribution in [0.3, 0.4) is 0 Å². The van der Waals surface area contributed by atoms with Crippen LogP contribution in [0.4, 0.5) is 0 Å². The highest BCUT2D eigenvalue weighted by atomic mass is 32.1. The standard InChI is InChI=1S/C4H11BS/c1-3-4-5(2)6/h6H,3-4H2,1-2H3. The molecule has 0 aromatic rings. The van der Waals surface area contributed by atoms with Crippen LogP contribution in [0, 0.1) is 0 Å². The van der Waals surface area contributed by atoms with E-state index in [0.717, 1.165) is 0 Å². The highest BCUT2D eigenvalue weighted by Crippen LogP contribution is 1.97. The Labute approximate surface area is 45.7 Å². The van der Waals surface area contributed by atoms with Crippen LogP contribution in [0.25, 0.3) is 0 Å². The monoisotopic (exact) mass is 102 g/mol. The molecule has 0 radical (unpaired) electrons. The van der Waals surface area contributed by atoms with Gasteiger partial charge in [0, 0.05) is 0 Å². The van der Waals surface area contributed by atoms with Gasteiger partial charge in [-0.05, 0) is 0 Å². The molecule has 0 aromatic carbocycles. The first-order valence-corrected chi connectivity index (χ1v) is 2.97. The molecule has 0 bridgehead atoms. The Morgan fingerprint density at radius 3 is 2.17 bits per heavy atom. The van der Waals surface area contributed by atoms with Gasteiger partial charge in [0.2, 0.25) is 5.99 Å².